The Kier molecular flexibility index (Phi) is 6.73. The third kappa shape index (κ3) is 5.41. The summed E-state index contributed by atoms with van der Waals surface area (Å²) in [5.41, 5.74) is 1.05. The van der Waals surface area contributed by atoms with Crippen LogP contribution in [-0.4, -0.2) is 0 Å². The van der Waals surface area contributed by atoms with E-state index in [1.165, 1.54) is 57.8 Å². The molecule has 0 aromatic heterocycles. The standard InChI is InChI=1S/C13H23F/c14-12-13-10-8-6-4-2-1-3-5-7-9-11-13/h12H,1-11H2. The van der Waals surface area contributed by atoms with Gasteiger partial charge in [0.25, 0.3) is 0 Å². The Balaban J connectivity index is 2.24. The highest BCUT2D eigenvalue weighted by Crippen LogP contribution is 2.20. The molecule has 0 heterocycles. The van der Waals surface area contributed by atoms with Gasteiger partial charge in [0.2, 0.25) is 0 Å². The third-order valence-corrected chi connectivity index (χ3v) is 3.15. The first-order chi connectivity index (χ1) is 6.93. The molecule has 0 aliphatic heterocycles. The zero-order chi connectivity index (χ0) is 10.1. The first-order valence-corrected chi connectivity index (χ1v) is 6.21. The summed E-state index contributed by atoms with van der Waals surface area (Å²) in [5, 5.41) is 0. The van der Waals surface area contributed by atoms with Crippen LogP contribution in [0.15, 0.2) is 11.9 Å². The first-order valence-electron chi connectivity index (χ1n) is 6.21. The van der Waals surface area contributed by atoms with Crippen molar-refractivity contribution in [1.82, 2.24) is 0 Å². The molecule has 0 saturated heterocycles. The molecule has 0 spiro atoms. The molecule has 0 aromatic carbocycles. The summed E-state index contributed by atoms with van der Waals surface area (Å²) in [4.78, 5) is 0. The van der Waals surface area contributed by atoms with Crippen molar-refractivity contribution in [3.63, 3.8) is 0 Å². The molecule has 0 atom stereocenters. The van der Waals surface area contributed by atoms with Crippen molar-refractivity contribution in [2.75, 3.05) is 0 Å². The van der Waals surface area contributed by atoms with Crippen molar-refractivity contribution in [1.29, 1.82) is 0 Å². The van der Waals surface area contributed by atoms with Gasteiger partial charge in [-0.1, -0.05) is 44.9 Å². The van der Waals surface area contributed by atoms with Gasteiger partial charge in [0.1, 0.15) is 0 Å². The van der Waals surface area contributed by atoms with Gasteiger partial charge in [-0.15, -0.1) is 0 Å². The van der Waals surface area contributed by atoms with Gasteiger partial charge in [-0.05, 0) is 31.3 Å². The predicted octanol–water partition coefficient (Wildman–Crippen LogP) is 5.14. The SMILES string of the molecule is FC=C1CCCCCCCCCCC1. The summed E-state index contributed by atoms with van der Waals surface area (Å²) >= 11 is 0. The van der Waals surface area contributed by atoms with Crippen LogP contribution in [0.5, 0.6) is 0 Å². The topological polar surface area (TPSA) is 0 Å². The van der Waals surface area contributed by atoms with Crippen molar-refractivity contribution in [3.8, 4) is 0 Å². The van der Waals surface area contributed by atoms with E-state index in [-0.39, 0.29) is 0 Å². The zero-order valence-corrected chi connectivity index (χ0v) is 9.23. The molecule has 1 aliphatic rings. The van der Waals surface area contributed by atoms with Crippen LogP contribution in [-0.2, 0) is 0 Å². The monoisotopic (exact) mass is 198 g/mol. The number of hydrogen-bond acceptors (Lipinski definition) is 0. The molecule has 0 unspecified atom stereocenters. The van der Waals surface area contributed by atoms with Crippen LogP contribution >= 0.6 is 0 Å². The van der Waals surface area contributed by atoms with Gasteiger partial charge in [0, 0.05) is 0 Å². The Morgan fingerprint density at radius 3 is 1.36 bits per heavy atom. The molecular weight excluding hydrogens is 175 g/mol. The van der Waals surface area contributed by atoms with Gasteiger partial charge in [0.05, 0.1) is 6.33 Å². The maximum atomic E-state index is 12.4. The molecule has 1 fully saturated rings. The molecule has 1 rings (SSSR count). The average Bonchev–Trinajstić information content (AvgIpc) is 2.19. The lowest BCUT2D eigenvalue weighted by molar-refractivity contribution is 0.535. The molecule has 1 saturated carbocycles. The van der Waals surface area contributed by atoms with Crippen molar-refractivity contribution in [2.45, 2.75) is 70.6 Å². The Morgan fingerprint density at radius 1 is 0.643 bits per heavy atom. The van der Waals surface area contributed by atoms with Crippen LogP contribution < -0.4 is 0 Å². The van der Waals surface area contributed by atoms with E-state index in [4.69, 9.17) is 0 Å². The van der Waals surface area contributed by atoms with E-state index in [0.717, 1.165) is 24.7 Å². The second-order valence-electron chi connectivity index (χ2n) is 4.45. The summed E-state index contributed by atoms with van der Waals surface area (Å²) in [5.74, 6) is 0. The summed E-state index contributed by atoms with van der Waals surface area (Å²) < 4.78 is 12.4. The van der Waals surface area contributed by atoms with Crippen LogP contribution in [0.2, 0.25) is 0 Å². The van der Waals surface area contributed by atoms with E-state index in [9.17, 15) is 4.39 Å². The number of rotatable bonds is 0. The Bertz CT molecular complexity index is 147. The Morgan fingerprint density at radius 2 is 1.00 bits per heavy atom. The van der Waals surface area contributed by atoms with E-state index in [1.54, 1.807) is 0 Å². The largest absolute Gasteiger partial charge is 0.216 e. The highest BCUT2D eigenvalue weighted by molar-refractivity contribution is 4.97. The molecule has 82 valence electrons. The maximum absolute atomic E-state index is 12.4. The Labute approximate surface area is 87.6 Å². The normalized spacial score (nSPS) is 22.2. The second kappa shape index (κ2) is 8.02. The lowest BCUT2D eigenvalue weighted by Gasteiger charge is -2.08. The summed E-state index contributed by atoms with van der Waals surface area (Å²) in [6.45, 7) is 0. The van der Waals surface area contributed by atoms with E-state index in [1.807, 2.05) is 0 Å². The highest BCUT2D eigenvalue weighted by Gasteiger charge is 2.01. The fourth-order valence-electron chi connectivity index (χ4n) is 2.18. The fraction of sp³-hybridized carbons (Fsp3) is 0.846. The van der Waals surface area contributed by atoms with E-state index in [0.29, 0.717) is 0 Å². The second-order valence-corrected chi connectivity index (χ2v) is 4.45. The van der Waals surface area contributed by atoms with Gasteiger partial charge < -0.3 is 0 Å². The lowest BCUT2D eigenvalue weighted by Crippen LogP contribution is -1.89. The van der Waals surface area contributed by atoms with E-state index in [2.05, 4.69) is 0 Å². The van der Waals surface area contributed by atoms with Crippen molar-refractivity contribution >= 4 is 0 Å². The Hall–Kier alpha value is -0.330. The minimum absolute atomic E-state index is 0.853. The van der Waals surface area contributed by atoms with Gasteiger partial charge in [-0.2, -0.15) is 0 Å². The predicted molar refractivity (Wildman–Crippen MR) is 60.0 cm³/mol. The minimum Gasteiger partial charge on any atom is -0.216 e. The van der Waals surface area contributed by atoms with Crippen LogP contribution in [0.1, 0.15) is 70.6 Å². The fourth-order valence-corrected chi connectivity index (χ4v) is 2.18. The molecule has 1 aliphatic carbocycles. The molecule has 0 amide bonds. The van der Waals surface area contributed by atoms with E-state index >= 15 is 0 Å². The third-order valence-electron chi connectivity index (χ3n) is 3.15. The zero-order valence-electron chi connectivity index (χ0n) is 9.23. The molecule has 0 aromatic rings. The molecule has 1 heteroatoms. The number of halogens is 1. The molecule has 0 radical (unpaired) electrons. The van der Waals surface area contributed by atoms with Gasteiger partial charge in [0.15, 0.2) is 0 Å². The average molecular weight is 198 g/mol. The number of hydrogen-bond donors (Lipinski definition) is 0. The van der Waals surface area contributed by atoms with Crippen LogP contribution in [0, 0.1) is 0 Å². The molecular formula is C13H23F. The van der Waals surface area contributed by atoms with Gasteiger partial charge >= 0.3 is 0 Å². The molecule has 14 heavy (non-hydrogen) atoms. The van der Waals surface area contributed by atoms with Crippen molar-refractivity contribution in [2.24, 2.45) is 0 Å². The molecule has 0 bridgehead atoms. The first kappa shape index (κ1) is 11.7. The maximum Gasteiger partial charge on any atom is 0.0858 e. The van der Waals surface area contributed by atoms with Crippen molar-refractivity contribution < 1.29 is 4.39 Å². The van der Waals surface area contributed by atoms with Crippen LogP contribution in [0.4, 0.5) is 4.39 Å². The highest BCUT2D eigenvalue weighted by atomic mass is 19.1. The van der Waals surface area contributed by atoms with Crippen LogP contribution in [0.3, 0.4) is 0 Å². The quantitative estimate of drug-likeness (QED) is 0.505. The van der Waals surface area contributed by atoms with E-state index < -0.39 is 0 Å². The van der Waals surface area contributed by atoms with Gasteiger partial charge in [-0.3, -0.25) is 0 Å². The number of allylic oxidation sites excluding steroid dienone is 1. The lowest BCUT2D eigenvalue weighted by atomic mass is 9.98. The summed E-state index contributed by atoms with van der Waals surface area (Å²) in [7, 11) is 0. The summed E-state index contributed by atoms with van der Waals surface area (Å²) in [6.07, 6.45) is 14.7. The van der Waals surface area contributed by atoms with Crippen LogP contribution in [0.25, 0.3) is 0 Å². The molecule has 0 nitrogen and oxygen atoms in total. The minimum atomic E-state index is 0.853. The van der Waals surface area contributed by atoms with Gasteiger partial charge in [-0.25, -0.2) is 4.39 Å². The molecule has 0 N–H and O–H groups in total. The van der Waals surface area contributed by atoms with Crippen molar-refractivity contribution in [3.05, 3.63) is 11.9 Å². The summed E-state index contributed by atoms with van der Waals surface area (Å²) in [6, 6.07) is 0. The smallest absolute Gasteiger partial charge is 0.0858 e.